The van der Waals surface area contributed by atoms with Gasteiger partial charge in [0.25, 0.3) is 11.8 Å². The maximum atomic E-state index is 13.1. The molecule has 2 aliphatic heterocycles. The number of hydrogen-bond acceptors (Lipinski definition) is 6. The summed E-state index contributed by atoms with van der Waals surface area (Å²) in [5, 5.41) is 6.90. The van der Waals surface area contributed by atoms with Crippen molar-refractivity contribution in [1.29, 1.82) is 0 Å². The van der Waals surface area contributed by atoms with Crippen LogP contribution in [0, 0.1) is 0 Å². The summed E-state index contributed by atoms with van der Waals surface area (Å²) in [5.41, 5.74) is 3.12. The minimum absolute atomic E-state index is 0.174. The standard InChI is InChI=1S/C40H38Cl2N4O6/c41-29-5-1-7-33(23-29)51-25-37(47)45-21-3-9-35(45)39(49)43-31-17-13-27(14-18-31)11-12-28-15-19-32(20-16-28)44-40(50)36-10-4-22-46(36)38(48)26-52-34-8-2-6-30(42)24-34/h1-2,5-8,11-20,23-24,35-36H,3-4,9-10,21-22,25-26H2,(H,43,49)(H,44,50)/b12-11+/t35-,36-/m0/s1. The zero-order valence-electron chi connectivity index (χ0n) is 28.3. The van der Waals surface area contributed by atoms with E-state index in [9.17, 15) is 19.2 Å². The van der Waals surface area contributed by atoms with Crippen molar-refractivity contribution in [1.82, 2.24) is 9.80 Å². The van der Waals surface area contributed by atoms with Crippen molar-refractivity contribution in [3.63, 3.8) is 0 Å². The van der Waals surface area contributed by atoms with Gasteiger partial charge in [-0.3, -0.25) is 19.2 Å². The summed E-state index contributed by atoms with van der Waals surface area (Å²) in [5.74, 6) is 0.0153. The number of carbonyl (C=O) groups is 4. The van der Waals surface area contributed by atoms with Crippen molar-refractivity contribution >= 4 is 70.4 Å². The van der Waals surface area contributed by atoms with Gasteiger partial charge >= 0.3 is 0 Å². The first kappa shape index (κ1) is 36.5. The number of amides is 4. The molecule has 4 amide bonds. The molecule has 6 rings (SSSR count). The fourth-order valence-electron chi connectivity index (χ4n) is 6.24. The van der Waals surface area contributed by atoms with Crippen LogP contribution >= 0.6 is 23.2 Å². The molecule has 4 aromatic carbocycles. The van der Waals surface area contributed by atoms with Crippen LogP contribution in [-0.2, 0) is 19.2 Å². The molecule has 0 bridgehead atoms. The molecule has 2 heterocycles. The van der Waals surface area contributed by atoms with Gasteiger partial charge < -0.3 is 29.9 Å². The van der Waals surface area contributed by atoms with E-state index in [-0.39, 0.29) is 36.8 Å². The fraction of sp³-hybridized carbons (Fsp3) is 0.250. The predicted molar refractivity (Wildman–Crippen MR) is 202 cm³/mol. The van der Waals surface area contributed by atoms with E-state index in [1.54, 1.807) is 58.3 Å². The summed E-state index contributed by atoms with van der Waals surface area (Å²) in [6, 6.07) is 27.4. The van der Waals surface area contributed by atoms with Gasteiger partial charge in [0.1, 0.15) is 23.6 Å². The highest BCUT2D eigenvalue weighted by molar-refractivity contribution is 6.31. The maximum absolute atomic E-state index is 13.1. The number of halogens is 2. The highest BCUT2D eigenvalue weighted by Gasteiger charge is 2.35. The molecule has 12 heteroatoms. The van der Waals surface area contributed by atoms with E-state index in [1.165, 1.54) is 0 Å². The van der Waals surface area contributed by atoms with Crippen LogP contribution < -0.4 is 20.1 Å². The predicted octanol–water partition coefficient (Wildman–Crippen LogP) is 7.18. The zero-order chi connectivity index (χ0) is 36.5. The molecule has 10 nitrogen and oxygen atoms in total. The Kier molecular flexibility index (Phi) is 12.1. The Morgan fingerprint density at radius 2 is 1.02 bits per heavy atom. The van der Waals surface area contributed by atoms with Gasteiger partial charge in [0.15, 0.2) is 13.2 Å². The molecule has 2 aliphatic rings. The second-order valence-corrected chi connectivity index (χ2v) is 13.4. The highest BCUT2D eigenvalue weighted by Crippen LogP contribution is 2.24. The molecule has 0 spiro atoms. The van der Waals surface area contributed by atoms with E-state index >= 15 is 0 Å². The van der Waals surface area contributed by atoms with Crippen LogP contribution in [0.3, 0.4) is 0 Å². The number of likely N-dealkylation sites (tertiary alicyclic amines) is 2. The van der Waals surface area contributed by atoms with Crippen molar-refractivity contribution < 1.29 is 28.7 Å². The Hall–Kier alpha value is -5.32. The number of ether oxygens (including phenoxy) is 2. The summed E-state index contributed by atoms with van der Waals surface area (Å²) in [4.78, 5) is 55.1. The lowest BCUT2D eigenvalue weighted by atomic mass is 10.1. The third-order valence-electron chi connectivity index (χ3n) is 8.89. The number of rotatable bonds is 12. The topological polar surface area (TPSA) is 117 Å². The van der Waals surface area contributed by atoms with Gasteiger partial charge in [0.2, 0.25) is 11.8 Å². The third-order valence-corrected chi connectivity index (χ3v) is 9.36. The van der Waals surface area contributed by atoms with Crippen molar-refractivity contribution in [2.45, 2.75) is 37.8 Å². The molecule has 52 heavy (non-hydrogen) atoms. The summed E-state index contributed by atoms with van der Waals surface area (Å²) in [6.07, 6.45) is 6.53. The Balaban J connectivity index is 0.960. The lowest BCUT2D eigenvalue weighted by Gasteiger charge is -2.24. The van der Waals surface area contributed by atoms with Crippen LogP contribution in [0.4, 0.5) is 11.4 Å². The van der Waals surface area contributed by atoms with Crippen LogP contribution in [0.15, 0.2) is 97.1 Å². The number of nitrogens with zero attached hydrogens (tertiary/aromatic N) is 2. The first-order valence-electron chi connectivity index (χ1n) is 17.1. The first-order valence-corrected chi connectivity index (χ1v) is 17.8. The molecule has 0 radical (unpaired) electrons. The van der Waals surface area contributed by atoms with Gasteiger partial charge in [-0.15, -0.1) is 0 Å². The van der Waals surface area contributed by atoms with Gasteiger partial charge in [-0.05, 0) is 97.5 Å². The SMILES string of the molecule is O=C(Nc1ccc(/C=C/c2ccc(NC(=O)[C@@H]3CCCN3C(=O)COc3cccc(Cl)c3)cc2)cc1)[C@@H]1CCCN1C(=O)COc1cccc(Cl)c1. The number of benzene rings is 4. The molecule has 0 aliphatic carbocycles. The Labute approximate surface area is 312 Å². The lowest BCUT2D eigenvalue weighted by molar-refractivity contribution is -0.138. The molecule has 2 fully saturated rings. The van der Waals surface area contributed by atoms with E-state index < -0.39 is 12.1 Å². The second-order valence-electron chi connectivity index (χ2n) is 12.5. The van der Waals surface area contributed by atoms with Crippen LogP contribution in [-0.4, -0.2) is 71.8 Å². The fourth-order valence-corrected chi connectivity index (χ4v) is 6.60. The van der Waals surface area contributed by atoms with Gasteiger partial charge in [0.05, 0.1) is 0 Å². The van der Waals surface area contributed by atoms with Gasteiger partial charge in [-0.25, -0.2) is 0 Å². The van der Waals surface area contributed by atoms with Crippen LogP contribution in [0.1, 0.15) is 36.8 Å². The maximum Gasteiger partial charge on any atom is 0.261 e. The largest absolute Gasteiger partial charge is 0.484 e. The van der Waals surface area contributed by atoms with Crippen molar-refractivity contribution in [2.75, 3.05) is 36.9 Å². The summed E-state index contributed by atoms with van der Waals surface area (Å²) >= 11 is 12.0. The molecule has 268 valence electrons. The second kappa shape index (κ2) is 17.3. The van der Waals surface area contributed by atoms with Crippen LogP contribution in [0.25, 0.3) is 12.2 Å². The average molecular weight is 742 g/mol. The van der Waals surface area contributed by atoms with Crippen molar-refractivity contribution in [2.24, 2.45) is 0 Å². The van der Waals surface area contributed by atoms with Gasteiger partial charge in [-0.2, -0.15) is 0 Å². The Morgan fingerprint density at radius 3 is 1.40 bits per heavy atom. The molecular formula is C40H38Cl2N4O6. The number of anilines is 2. The van der Waals surface area contributed by atoms with Gasteiger partial charge in [-0.1, -0.05) is 71.8 Å². The lowest BCUT2D eigenvalue weighted by Crippen LogP contribution is -2.45. The van der Waals surface area contributed by atoms with E-state index in [0.717, 1.165) is 24.0 Å². The smallest absolute Gasteiger partial charge is 0.261 e. The van der Waals surface area contributed by atoms with E-state index in [2.05, 4.69) is 10.6 Å². The molecule has 2 N–H and O–H groups in total. The number of nitrogens with one attached hydrogen (secondary N) is 2. The molecule has 0 saturated carbocycles. The number of hydrogen-bond donors (Lipinski definition) is 2. The Bertz CT molecular complexity index is 1800. The number of carbonyl (C=O) groups excluding carboxylic acids is 4. The molecule has 2 saturated heterocycles. The quantitative estimate of drug-likeness (QED) is 0.149. The van der Waals surface area contributed by atoms with E-state index in [4.69, 9.17) is 32.7 Å². The highest BCUT2D eigenvalue weighted by atomic mass is 35.5. The Morgan fingerprint density at radius 1 is 0.615 bits per heavy atom. The summed E-state index contributed by atoms with van der Waals surface area (Å²) in [6.45, 7) is 0.643. The van der Waals surface area contributed by atoms with Crippen molar-refractivity contribution in [3.8, 4) is 11.5 Å². The molecule has 0 unspecified atom stereocenters. The minimum atomic E-state index is -0.567. The summed E-state index contributed by atoms with van der Waals surface area (Å²) < 4.78 is 11.2. The minimum Gasteiger partial charge on any atom is -0.484 e. The average Bonchev–Trinajstić information content (AvgIpc) is 3.85. The van der Waals surface area contributed by atoms with E-state index in [0.29, 0.717) is 58.9 Å². The van der Waals surface area contributed by atoms with Crippen LogP contribution in [0.5, 0.6) is 11.5 Å². The first-order chi connectivity index (χ1) is 25.2. The molecule has 0 aromatic heterocycles. The van der Waals surface area contributed by atoms with Crippen molar-refractivity contribution in [3.05, 3.63) is 118 Å². The summed E-state index contributed by atoms with van der Waals surface area (Å²) in [7, 11) is 0. The third kappa shape index (κ3) is 9.71. The molecular weight excluding hydrogens is 703 g/mol. The normalized spacial score (nSPS) is 16.9. The monoisotopic (exact) mass is 740 g/mol. The molecule has 4 aromatic rings. The van der Waals surface area contributed by atoms with E-state index in [1.807, 2.05) is 60.7 Å². The van der Waals surface area contributed by atoms with Gasteiger partial charge in [0, 0.05) is 34.5 Å². The van der Waals surface area contributed by atoms with Crippen LogP contribution in [0.2, 0.25) is 10.0 Å². The molecule has 2 atom stereocenters. The zero-order valence-corrected chi connectivity index (χ0v) is 29.8.